The summed E-state index contributed by atoms with van der Waals surface area (Å²) in [4.78, 5) is 30.5. The minimum atomic E-state index is -0.213. The minimum Gasteiger partial charge on any atom is -0.360 e. The summed E-state index contributed by atoms with van der Waals surface area (Å²) in [6.07, 6.45) is 0.774. The predicted molar refractivity (Wildman–Crippen MR) is 114 cm³/mol. The number of nitrogens with one attached hydrogen (secondary N) is 2. The van der Waals surface area contributed by atoms with Crippen LogP contribution >= 0.6 is 34.4 Å². The van der Waals surface area contributed by atoms with Crippen LogP contribution in [0.5, 0.6) is 0 Å². The molecule has 0 aromatic carbocycles. The Labute approximate surface area is 174 Å². The van der Waals surface area contributed by atoms with Crippen LogP contribution in [0.3, 0.4) is 0 Å². The smallest absolute Gasteiger partial charge is 0.235 e. The normalized spacial score (nSPS) is 10.8. The number of amides is 2. The first-order valence-electron chi connectivity index (χ1n) is 8.58. The van der Waals surface area contributed by atoms with Gasteiger partial charge in [-0.2, -0.15) is 0 Å². The highest BCUT2D eigenvalue weighted by atomic mass is 32.2. The molecule has 28 heavy (non-hydrogen) atoms. The highest BCUT2D eigenvalue weighted by Gasteiger charge is 2.09. The van der Waals surface area contributed by atoms with E-state index >= 15 is 0 Å². The van der Waals surface area contributed by atoms with E-state index in [0.717, 1.165) is 22.0 Å². The number of thiazole rings is 1. The van der Waals surface area contributed by atoms with Gasteiger partial charge in [-0.25, -0.2) is 4.98 Å². The number of anilines is 1. The summed E-state index contributed by atoms with van der Waals surface area (Å²) in [5.74, 6) is 1.13. The zero-order chi connectivity index (χ0) is 19.9. The van der Waals surface area contributed by atoms with Gasteiger partial charge in [0.15, 0.2) is 5.82 Å². The highest BCUT2D eigenvalue weighted by molar-refractivity contribution is 8.00. The number of carbonyl (C=O) groups is 2. The minimum absolute atomic E-state index is 0.0815. The van der Waals surface area contributed by atoms with Crippen molar-refractivity contribution >= 4 is 52.1 Å². The van der Waals surface area contributed by atoms with Crippen molar-refractivity contribution in [1.29, 1.82) is 0 Å². The number of hydrogen-bond acceptors (Lipinski definition) is 8. The Balaban J connectivity index is 1.31. The molecular formula is C18H20N4O3S3. The molecule has 0 atom stereocenters. The molecule has 0 unspecified atom stereocenters. The van der Waals surface area contributed by atoms with E-state index in [1.807, 2.05) is 6.92 Å². The summed E-state index contributed by atoms with van der Waals surface area (Å²) in [6, 6.07) is 5.79. The third-order valence-electron chi connectivity index (χ3n) is 3.59. The Morgan fingerprint density at radius 2 is 2.04 bits per heavy atom. The summed E-state index contributed by atoms with van der Waals surface area (Å²) in [6.45, 7) is 4.31. The van der Waals surface area contributed by atoms with Gasteiger partial charge in [-0.15, -0.1) is 34.4 Å². The Bertz CT molecular complexity index is 947. The average Bonchev–Trinajstić information content (AvgIpc) is 3.37. The van der Waals surface area contributed by atoms with Crippen LogP contribution in [-0.2, 0) is 16.0 Å². The maximum Gasteiger partial charge on any atom is 0.235 e. The largest absolute Gasteiger partial charge is 0.360 e. The molecule has 0 fully saturated rings. The number of rotatable bonds is 9. The SMILES string of the molecule is Cc1cc(NC(=O)CSCC(=O)NCCc2ccc(-c3csc(C)n3)s2)no1. The maximum atomic E-state index is 11.9. The van der Waals surface area contributed by atoms with Gasteiger partial charge in [-0.1, -0.05) is 5.16 Å². The molecule has 3 heterocycles. The monoisotopic (exact) mass is 436 g/mol. The molecule has 148 valence electrons. The van der Waals surface area contributed by atoms with Gasteiger partial charge in [0.05, 0.1) is 27.1 Å². The molecular weight excluding hydrogens is 416 g/mol. The standard InChI is InChI=1S/C18H20N4O3S3/c1-11-7-16(22-25-11)21-18(24)10-26-9-17(23)19-6-5-13-3-4-15(28-13)14-8-27-12(2)20-14/h3-4,7-8H,5-6,9-10H2,1-2H3,(H,19,23)(H,21,22,24). The maximum absolute atomic E-state index is 11.9. The van der Waals surface area contributed by atoms with Gasteiger partial charge in [0.2, 0.25) is 11.8 Å². The third-order valence-corrected chi connectivity index (χ3v) is 6.46. The molecule has 3 aromatic rings. The van der Waals surface area contributed by atoms with E-state index in [2.05, 4.69) is 38.3 Å². The van der Waals surface area contributed by atoms with E-state index in [9.17, 15) is 9.59 Å². The molecule has 3 rings (SSSR count). The topological polar surface area (TPSA) is 97.1 Å². The summed E-state index contributed by atoms with van der Waals surface area (Å²) < 4.78 is 4.88. The number of nitrogens with zero attached hydrogens (tertiary/aromatic N) is 2. The average molecular weight is 437 g/mol. The van der Waals surface area contributed by atoms with Gasteiger partial charge in [-0.3, -0.25) is 9.59 Å². The van der Waals surface area contributed by atoms with Gasteiger partial charge in [0, 0.05) is 22.9 Å². The van der Waals surface area contributed by atoms with Crippen LogP contribution in [0, 0.1) is 13.8 Å². The number of aryl methyl sites for hydroxylation is 2. The van der Waals surface area contributed by atoms with E-state index in [4.69, 9.17) is 4.52 Å². The number of thioether (sulfide) groups is 1. The number of carbonyl (C=O) groups excluding carboxylic acids is 2. The first-order chi connectivity index (χ1) is 13.5. The number of thiophene rings is 1. The van der Waals surface area contributed by atoms with Crippen molar-refractivity contribution in [2.45, 2.75) is 20.3 Å². The van der Waals surface area contributed by atoms with E-state index in [1.54, 1.807) is 35.7 Å². The van der Waals surface area contributed by atoms with Gasteiger partial charge in [0.1, 0.15) is 5.76 Å². The van der Waals surface area contributed by atoms with Gasteiger partial charge in [0.25, 0.3) is 0 Å². The van der Waals surface area contributed by atoms with Crippen LogP contribution in [0.4, 0.5) is 5.82 Å². The third kappa shape index (κ3) is 6.18. The molecule has 0 aliphatic carbocycles. The molecule has 0 spiro atoms. The Kier molecular flexibility index (Phi) is 7.24. The second kappa shape index (κ2) is 9.85. The lowest BCUT2D eigenvalue weighted by Crippen LogP contribution is -2.27. The van der Waals surface area contributed by atoms with Crippen LogP contribution in [-0.4, -0.2) is 40.0 Å². The number of hydrogen-bond donors (Lipinski definition) is 2. The zero-order valence-electron chi connectivity index (χ0n) is 15.5. The summed E-state index contributed by atoms with van der Waals surface area (Å²) in [5, 5.41) is 12.3. The van der Waals surface area contributed by atoms with Crippen LogP contribution in [0.15, 0.2) is 28.1 Å². The fourth-order valence-corrected chi connectivity index (χ4v) is 4.65. The molecule has 0 aliphatic rings. The molecule has 2 N–H and O–H groups in total. The van der Waals surface area contributed by atoms with E-state index < -0.39 is 0 Å². The molecule has 10 heteroatoms. The van der Waals surface area contributed by atoms with Crippen molar-refractivity contribution in [2.75, 3.05) is 23.4 Å². The van der Waals surface area contributed by atoms with E-state index in [-0.39, 0.29) is 23.3 Å². The Morgan fingerprint density at radius 1 is 1.21 bits per heavy atom. The molecule has 0 bridgehead atoms. The first kappa shape index (κ1) is 20.6. The Morgan fingerprint density at radius 3 is 2.75 bits per heavy atom. The first-order valence-corrected chi connectivity index (χ1v) is 11.4. The number of aromatic nitrogens is 2. The van der Waals surface area contributed by atoms with Crippen LogP contribution < -0.4 is 10.6 Å². The Hall–Kier alpha value is -2.17. The van der Waals surface area contributed by atoms with Crippen molar-refractivity contribution in [3.05, 3.63) is 39.2 Å². The zero-order valence-corrected chi connectivity index (χ0v) is 17.9. The second-order valence-corrected chi connectivity index (χ2v) is 9.20. The second-order valence-electron chi connectivity index (χ2n) is 5.98. The van der Waals surface area contributed by atoms with Crippen molar-refractivity contribution in [3.8, 4) is 10.6 Å². The quantitative estimate of drug-likeness (QED) is 0.533. The van der Waals surface area contributed by atoms with Gasteiger partial charge < -0.3 is 15.2 Å². The molecule has 0 saturated carbocycles. The van der Waals surface area contributed by atoms with Crippen LogP contribution in [0.25, 0.3) is 10.6 Å². The molecule has 3 aromatic heterocycles. The van der Waals surface area contributed by atoms with Crippen LogP contribution in [0.1, 0.15) is 15.6 Å². The van der Waals surface area contributed by atoms with Crippen molar-refractivity contribution in [3.63, 3.8) is 0 Å². The lowest BCUT2D eigenvalue weighted by Gasteiger charge is -2.04. The van der Waals surface area contributed by atoms with Crippen molar-refractivity contribution < 1.29 is 14.1 Å². The molecule has 0 saturated heterocycles. The highest BCUT2D eigenvalue weighted by Crippen LogP contribution is 2.29. The summed E-state index contributed by atoms with van der Waals surface area (Å²) >= 11 is 4.60. The fourth-order valence-electron chi connectivity index (χ4n) is 2.34. The van der Waals surface area contributed by atoms with Crippen LogP contribution in [0.2, 0.25) is 0 Å². The van der Waals surface area contributed by atoms with E-state index in [1.165, 1.54) is 16.6 Å². The van der Waals surface area contributed by atoms with Gasteiger partial charge >= 0.3 is 0 Å². The lowest BCUT2D eigenvalue weighted by molar-refractivity contribution is -0.118. The molecule has 7 nitrogen and oxygen atoms in total. The summed E-state index contributed by atoms with van der Waals surface area (Å²) in [5.41, 5.74) is 1.01. The van der Waals surface area contributed by atoms with Crippen molar-refractivity contribution in [2.24, 2.45) is 0 Å². The van der Waals surface area contributed by atoms with Crippen molar-refractivity contribution in [1.82, 2.24) is 15.5 Å². The molecule has 2 amide bonds. The molecule has 0 aliphatic heterocycles. The lowest BCUT2D eigenvalue weighted by atomic mass is 10.3. The fraction of sp³-hybridized carbons (Fsp3) is 0.333. The molecule has 0 radical (unpaired) electrons. The van der Waals surface area contributed by atoms with E-state index in [0.29, 0.717) is 18.1 Å². The van der Waals surface area contributed by atoms with Gasteiger partial charge in [-0.05, 0) is 32.4 Å². The summed E-state index contributed by atoms with van der Waals surface area (Å²) in [7, 11) is 0. The predicted octanol–water partition coefficient (Wildman–Crippen LogP) is 3.51.